The molecule has 0 atom stereocenters. The molecule has 10 heterocycles. The van der Waals surface area contributed by atoms with Gasteiger partial charge in [-0.25, -0.2) is 33.9 Å². The molecule has 0 saturated carbocycles. The SMILES string of the molecule is C.CNc1ccn(C)c(=O)n1.CNc1nc(=O)c(C)cn1C.CNc1nc(=O)n(C)cc1C.Cc1cc(C)c(=O)[nH]c1N.Cc1cc(C)c(=O)[nH]c1N.Cc1cc([N+](=O)[O-])c(N)nc1N.Cc1cn(C)c(=O)n(C)c1=O.Cc1cn(C)c(=O)nc1N.Cc1cnc(N)nc1N.Cn1ccc(=O)n(C)c1=O. The Kier molecular flexibility index (Phi) is 37.0. The molecular formula is C65H98N28O12. The fourth-order valence-corrected chi connectivity index (χ4v) is 7.60. The van der Waals surface area contributed by atoms with Crippen LogP contribution in [-0.4, -0.2) is 107 Å². The molecule has 19 N–H and O–H groups in total. The van der Waals surface area contributed by atoms with Gasteiger partial charge in [0, 0.05) is 172 Å². The molecular weight excluding hydrogens is 1360 g/mol. The minimum Gasteiger partial charge on any atom is -0.385 e. The number of nitrogen functional groups attached to an aromatic ring is 7. The zero-order chi connectivity index (χ0) is 80.1. The van der Waals surface area contributed by atoms with E-state index in [2.05, 4.69) is 60.8 Å². The van der Waals surface area contributed by atoms with Gasteiger partial charge in [0.05, 0.1) is 4.92 Å². The Morgan fingerprint density at radius 3 is 1.33 bits per heavy atom. The first-order valence-corrected chi connectivity index (χ1v) is 30.6. The third-order valence-corrected chi connectivity index (χ3v) is 13.9. The molecule has 570 valence electrons. The Morgan fingerprint density at radius 2 is 0.886 bits per heavy atom. The van der Waals surface area contributed by atoms with E-state index in [9.17, 15) is 58.1 Å². The lowest BCUT2D eigenvalue weighted by atomic mass is 10.2. The second kappa shape index (κ2) is 42.5. The Morgan fingerprint density at radius 1 is 0.429 bits per heavy atom. The summed E-state index contributed by atoms with van der Waals surface area (Å²) >= 11 is 0. The summed E-state index contributed by atoms with van der Waals surface area (Å²) in [6.45, 7) is 17.8. The summed E-state index contributed by atoms with van der Waals surface area (Å²) in [7, 11) is 18.2. The lowest BCUT2D eigenvalue weighted by Crippen LogP contribution is -2.37. The molecule has 0 aromatic carbocycles. The quantitative estimate of drug-likeness (QED) is 0.0839. The van der Waals surface area contributed by atoms with E-state index >= 15 is 0 Å². The predicted molar refractivity (Wildman–Crippen MR) is 412 cm³/mol. The molecule has 0 saturated heterocycles. The molecule has 0 radical (unpaired) electrons. The summed E-state index contributed by atoms with van der Waals surface area (Å²) in [5.41, 5.74) is 42.7. The molecule has 105 heavy (non-hydrogen) atoms. The molecule has 40 nitrogen and oxygen atoms in total. The zero-order valence-electron chi connectivity index (χ0n) is 62.0. The number of nitro groups is 1. The van der Waals surface area contributed by atoms with E-state index in [4.69, 9.17) is 40.1 Å². The Labute approximate surface area is 602 Å². The molecule has 0 amide bonds. The summed E-state index contributed by atoms with van der Waals surface area (Å²) in [5, 5.41) is 18.8. The highest BCUT2D eigenvalue weighted by Crippen LogP contribution is 2.23. The first-order chi connectivity index (χ1) is 48.2. The molecule has 10 aromatic heterocycles. The fraction of sp³-hybridized carbons (Fsp3) is 0.338. The maximum Gasteiger partial charge on any atom is 0.349 e. The average molecular weight is 1460 g/mol. The molecule has 0 aliphatic carbocycles. The van der Waals surface area contributed by atoms with Gasteiger partial charge < -0.3 is 93.5 Å². The molecule has 0 spiro atoms. The molecule has 0 aliphatic rings. The number of aromatic nitrogens is 17. The van der Waals surface area contributed by atoms with Crippen molar-refractivity contribution in [1.29, 1.82) is 0 Å². The second-order valence-corrected chi connectivity index (χ2v) is 22.6. The van der Waals surface area contributed by atoms with Crippen molar-refractivity contribution in [1.82, 2.24) is 81.4 Å². The predicted octanol–water partition coefficient (Wildman–Crippen LogP) is 0.426. The molecule has 0 fully saturated rings. The lowest BCUT2D eigenvalue weighted by molar-refractivity contribution is -0.384. The standard InChI is InChI=1S/2C7H11N3O.C7H10N2O2.2C7H10N2O.C6H8N4O2.2C6H9N3O.C6H8N2O2.C5H8N4.CH4/c1-5-4-10(3)7(8-2)9-6(5)11;1-5-4-10(3)7(11)9-6(5)8-2;1-5-4-8(2)7(11)9(3)6(5)10;2*1-4-3-5(2)7(10)9-6(4)8;1-3-2-4(10(11)12)6(8)9-5(3)7;1-7-5-3-4-9(2)6(10)8-5;1-4-3-9(2)6(10)8-5(4)7;1-7-4-3-5(9)8(2)6(7)10;1-3-2-8-5(7)9-4(3)6;/h2*4H,1-3H3,(H,8,9,11);4H,1-3H3;2*3H,1-2H3,(H3,8,9,10);2H,1H3,(H4,7,8,9);3-4H,1-2H3,(H,7,8,10);3H,1-2H3,(H2,7,8,10);3-4H,1-2H3;2H,1H3,(H4,6,7,8,9);1H4. The monoisotopic (exact) mass is 1460 g/mol. The van der Waals surface area contributed by atoms with E-state index in [0.29, 0.717) is 68.7 Å². The zero-order valence-corrected chi connectivity index (χ0v) is 62.0. The number of nitrogens with two attached hydrogens (primary N) is 7. The van der Waals surface area contributed by atoms with Crippen molar-refractivity contribution >= 4 is 64.1 Å². The van der Waals surface area contributed by atoms with Crippen molar-refractivity contribution in [2.75, 3.05) is 77.2 Å². The Hall–Kier alpha value is -13.6. The first kappa shape index (κ1) is 91.4. The van der Waals surface area contributed by atoms with Crippen molar-refractivity contribution in [3.05, 3.63) is 244 Å². The van der Waals surface area contributed by atoms with Gasteiger partial charge in [-0.3, -0.25) is 43.2 Å². The van der Waals surface area contributed by atoms with Gasteiger partial charge in [-0.1, -0.05) is 7.43 Å². The third kappa shape index (κ3) is 29.3. The van der Waals surface area contributed by atoms with Crippen LogP contribution < -0.4 is 112 Å². The third-order valence-electron chi connectivity index (χ3n) is 13.9. The smallest absolute Gasteiger partial charge is 0.349 e. The van der Waals surface area contributed by atoms with E-state index in [1.807, 2.05) is 41.7 Å². The van der Waals surface area contributed by atoms with Crippen LogP contribution in [0.15, 0.2) is 122 Å². The number of nitrogens with one attached hydrogen (secondary N) is 5. The minimum absolute atomic E-state index is 0. The summed E-state index contributed by atoms with van der Waals surface area (Å²) < 4.78 is 10.9. The molecule has 10 aromatic rings. The number of rotatable bonds is 4. The van der Waals surface area contributed by atoms with Gasteiger partial charge in [0.1, 0.15) is 40.7 Å². The Balaban J connectivity index is 0.00000114. The number of pyridine rings is 3. The van der Waals surface area contributed by atoms with Crippen molar-refractivity contribution < 1.29 is 4.92 Å². The van der Waals surface area contributed by atoms with Crippen LogP contribution in [0.4, 0.5) is 64.1 Å². The van der Waals surface area contributed by atoms with Gasteiger partial charge in [0.2, 0.25) is 17.7 Å². The second-order valence-electron chi connectivity index (χ2n) is 22.6. The number of nitrogens with zero attached hydrogens (tertiary/aromatic N) is 16. The highest BCUT2D eigenvalue weighted by atomic mass is 16.6. The lowest BCUT2D eigenvalue weighted by Gasteiger charge is -2.05. The molecule has 0 bridgehead atoms. The molecule has 0 unspecified atom stereocenters. The van der Waals surface area contributed by atoms with Crippen molar-refractivity contribution in [2.45, 2.75) is 76.7 Å². The van der Waals surface area contributed by atoms with Crippen LogP contribution in [0.2, 0.25) is 0 Å². The maximum absolute atomic E-state index is 11.1. The minimum atomic E-state index is -0.589. The van der Waals surface area contributed by atoms with E-state index in [-0.39, 0.29) is 86.9 Å². The molecule has 40 heteroatoms. The van der Waals surface area contributed by atoms with Gasteiger partial charge in [0.25, 0.3) is 27.8 Å². The molecule has 0 aliphatic heterocycles. The van der Waals surface area contributed by atoms with Gasteiger partial charge in [-0.15, -0.1) is 0 Å². The largest absolute Gasteiger partial charge is 0.385 e. The van der Waals surface area contributed by atoms with Crippen LogP contribution in [-0.2, 0) is 56.4 Å². The van der Waals surface area contributed by atoms with E-state index in [0.717, 1.165) is 37.0 Å². The number of anilines is 10. The van der Waals surface area contributed by atoms with Crippen LogP contribution in [0.5, 0.6) is 0 Å². The van der Waals surface area contributed by atoms with Crippen molar-refractivity contribution in [2.24, 2.45) is 56.4 Å². The number of hydrogen-bond acceptors (Lipinski definition) is 29. The molecule has 10 rings (SSSR count). The number of hydrogen-bond donors (Lipinski definition) is 12. The Bertz CT molecular complexity index is 5000. The van der Waals surface area contributed by atoms with Gasteiger partial charge in [-0.2, -0.15) is 24.9 Å². The number of H-pyrrole nitrogens is 2. The first-order valence-electron chi connectivity index (χ1n) is 30.6. The number of aryl methyl sites for hydroxylation is 16. The van der Waals surface area contributed by atoms with E-state index in [1.54, 1.807) is 145 Å². The van der Waals surface area contributed by atoms with Crippen molar-refractivity contribution in [3.63, 3.8) is 0 Å². The average Bonchev–Trinajstić information content (AvgIpc) is 0.832. The van der Waals surface area contributed by atoms with Gasteiger partial charge in [0.15, 0.2) is 0 Å². The fourth-order valence-electron chi connectivity index (χ4n) is 7.60. The summed E-state index contributed by atoms with van der Waals surface area (Å²) in [4.78, 5) is 150. The number of aromatic amines is 2. The van der Waals surface area contributed by atoms with E-state index < -0.39 is 4.92 Å². The topological polar surface area (TPSA) is 593 Å². The van der Waals surface area contributed by atoms with Crippen molar-refractivity contribution in [3.8, 4) is 0 Å². The van der Waals surface area contributed by atoms with E-state index in [1.165, 1.54) is 61.5 Å². The highest BCUT2D eigenvalue weighted by molar-refractivity contribution is 5.59. The maximum atomic E-state index is 11.1. The summed E-state index contributed by atoms with van der Waals surface area (Å²) in [6, 6.07) is 7.93. The van der Waals surface area contributed by atoms with Crippen LogP contribution in [0.1, 0.15) is 63.1 Å². The van der Waals surface area contributed by atoms with Crippen LogP contribution in [0.25, 0.3) is 0 Å². The van der Waals surface area contributed by atoms with Crippen LogP contribution in [0.3, 0.4) is 0 Å². The van der Waals surface area contributed by atoms with Crippen LogP contribution in [0, 0.1) is 79.4 Å². The van der Waals surface area contributed by atoms with Crippen LogP contribution >= 0.6 is 0 Å². The summed E-state index contributed by atoms with van der Waals surface area (Å²) in [6.07, 6.45) is 11.4. The van der Waals surface area contributed by atoms with Gasteiger partial charge in [-0.05, 0) is 104 Å². The van der Waals surface area contributed by atoms with Gasteiger partial charge >= 0.3 is 34.1 Å². The normalized spacial score (nSPS) is 9.65. The highest BCUT2D eigenvalue weighted by Gasteiger charge is 2.14. The summed E-state index contributed by atoms with van der Waals surface area (Å²) in [5.74, 6) is 3.79.